The quantitative estimate of drug-likeness (QED) is 0.832. The SMILES string of the molecule is COc1cc(C)ccc1OCC(=O)Nc1ccc(C(C)=O)cc1. The molecule has 0 radical (unpaired) electrons. The molecule has 5 nitrogen and oxygen atoms in total. The second-order valence-corrected chi connectivity index (χ2v) is 5.12. The molecule has 0 saturated carbocycles. The lowest BCUT2D eigenvalue weighted by atomic mass is 10.1. The van der Waals surface area contributed by atoms with Crippen LogP contribution in [-0.4, -0.2) is 25.4 Å². The summed E-state index contributed by atoms with van der Waals surface area (Å²) >= 11 is 0. The summed E-state index contributed by atoms with van der Waals surface area (Å²) in [5, 5.41) is 2.71. The fraction of sp³-hybridized carbons (Fsp3) is 0.222. The number of carbonyl (C=O) groups is 2. The summed E-state index contributed by atoms with van der Waals surface area (Å²) in [5.74, 6) is 0.796. The Hall–Kier alpha value is -2.82. The van der Waals surface area contributed by atoms with E-state index in [2.05, 4.69) is 5.32 Å². The van der Waals surface area contributed by atoms with Crippen molar-refractivity contribution in [3.05, 3.63) is 53.6 Å². The summed E-state index contributed by atoms with van der Waals surface area (Å²) in [6, 6.07) is 12.2. The normalized spacial score (nSPS) is 10.0. The fourth-order valence-electron chi connectivity index (χ4n) is 2.02. The van der Waals surface area contributed by atoms with E-state index in [-0.39, 0.29) is 18.3 Å². The zero-order chi connectivity index (χ0) is 16.8. The number of aryl methyl sites for hydroxylation is 1. The molecular formula is C18H19NO4. The number of benzene rings is 2. The Morgan fingerprint density at radius 3 is 2.35 bits per heavy atom. The number of Topliss-reactive ketones (excluding diaryl/α,β-unsaturated/α-hetero) is 1. The van der Waals surface area contributed by atoms with Crippen molar-refractivity contribution < 1.29 is 19.1 Å². The van der Waals surface area contributed by atoms with Crippen LogP contribution in [0.4, 0.5) is 5.69 Å². The highest BCUT2D eigenvalue weighted by Gasteiger charge is 2.08. The summed E-state index contributed by atoms with van der Waals surface area (Å²) in [6.07, 6.45) is 0. The Morgan fingerprint density at radius 1 is 1.04 bits per heavy atom. The topological polar surface area (TPSA) is 64.6 Å². The molecule has 0 bridgehead atoms. The Morgan fingerprint density at radius 2 is 1.74 bits per heavy atom. The van der Waals surface area contributed by atoms with Crippen LogP contribution in [0.25, 0.3) is 0 Å². The molecule has 5 heteroatoms. The van der Waals surface area contributed by atoms with Crippen LogP contribution in [0.3, 0.4) is 0 Å². The molecule has 0 aromatic heterocycles. The molecule has 0 atom stereocenters. The van der Waals surface area contributed by atoms with Gasteiger partial charge in [-0.1, -0.05) is 6.07 Å². The van der Waals surface area contributed by atoms with Gasteiger partial charge in [-0.3, -0.25) is 9.59 Å². The van der Waals surface area contributed by atoms with E-state index in [1.165, 1.54) is 6.92 Å². The number of methoxy groups -OCH3 is 1. The lowest BCUT2D eigenvalue weighted by Gasteiger charge is -2.11. The first kappa shape index (κ1) is 16.5. The van der Waals surface area contributed by atoms with Crippen molar-refractivity contribution in [2.45, 2.75) is 13.8 Å². The molecule has 0 fully saturated rings. The number of ketones is 1. The molecule has 0 unspecified atom stereocenters. The van der Waals surface area contributed by atoms with Crippen molar-refractivity contribution in [3.63, 3.8) is 0 Å². The van der Waals surface area contributed by atoms with Crippen LogP contribution < -0.4 is 14.8 Å². The van der Waals surface area contributed by atoms with Crippen LogP contribution in [-0.2, 0) is 4.79 Å². The second kappa shape index (κ2) is 7.45. The van der Waals surface area contributed by atoms with E-state index in [1.54, 1.807) is 37.4 Å². The minimum absolute atomic E-state index is 0.0160. The highest BCUT2D eigenvalue weighted by molar-refractivity contribution is 5.95. The molecule has 0 saturated heterocycles. The van der Waals surface area contributed by atoms with Crippen LogP contribution in [0.15, 0.2) is 42.5 Å². The molecule has 2 aromatic rings. The summed E-state index contributed by atoms with van der Waals surface area (Å²) in [6.45, 7) is 3.31. The summed E-state index contributed by atoms with van der Waals surface area (Å²) in [7, 11) is 1.55. The first-order valence-electron chi connectivity index (χ1n) is 7.18. The largest absolute Gasteiger partial charge is 0.493 e. The van der Waals surface area contributed by atoms with Gasteiger partial charge < -0.3 is 14.8 Å². The third-order valence-electron chi connectivity index (χ3n) is 3.25. The van der Waals surface area contributed by atoms with Crippen LogP contribution >= 0.6 is 0 Å². The number of ether oxygens (including phenoxy) is 2. The average molecular weight is 313 g/mol. The zero-order valence-corrected chi connectivity index (χ0v) is 13.4. The average Bonchev–Trinajstić information content (AvgIpc) is 2.54. The highest BCUT2D eigenvalue weighted by atomic mass is 16.5. The van der Waals surface area contributed by atoms with Gasteiger partial charge in [-0.15, -0.1) is 0 Å². The van der Waals surface area contributed by atoms with Crippen LogP contribution in [0.2, 0.25) is 0 Å². The van der Waals surface area contributed by atoms with E-state index < -0.39 is 0 Å². The molecule has 1 N–H and O–H groups in total. The predicted molar refractivity (Wildman–Crippen MR) is 88.3 cm³/mol. The Labute approximate surface area is 135 Å². The van der Waals surface area contributed by atoms with Crippen LogP contribution in [0.1, 0.15) is 22.8 Å². The lowest BCUT2D eigenvalue weighted by molar-refractivity contribution is -0.118. The third-order valence-corrected chi connectivity index (χ3v) is 3.25. The lowest BCUT2D eigenvalue weighted by Crippen LogP contribution is -2.20. The van der Waals surface area contributed by atoms with Gasteiger partial charge in [-0.05, 0) is 55.8 Å². The van der Waals surface area contributed by atoms with Crippen LogP contribution in [0, 0.1) is 6.92 Å². The minimum Gasteiger partial charge on any atom is -0.493 e. The smallest absolute Gasteiger partial charge is 0.262 e. The number of hydrogen-bond acceptors (Lipinski definition) is 4. The molecule has 2 rings (SSSR count). The first-order valence-corrected chi connectivity index (χ1v) is 7.18. The Kier molecular flexibility index (Phi) is 5.36. The van der Waals surface area contributed by atoms with E-state index in [0.717, 1.165) is 5.56 Å². The molecular weight excluding hydrogens is 294 g/mol. The Balaban J connectivity index is 1.94. The highest BCUT2D eigenvalue weighted by Crippen LogP contribution is 2.27. The van der Waals surface area contributed by atoms with Crippen molar-refractivity contribution in [2.24, 2.45) is 0 Å². The molecule has 23 heavy (non-hydrogen) atoms. The monoisotopic (exact) mass is 313 g/mol. The summed E-state index contributed by atoms with van der Waals surface area (Å²) in [5.41, 5.74) is 2.26. The van der Waals surface area contributed by atoms with Crippen molar-refractivity contribution in [1.82, 2.24) is 0 Å². The van der Waals surface area contributed by atoms with E-state index >= 15 is 0 Å². The number of rotatable bonds is 6. The molecule has 0 aliphatic heterocycles. The maximum absolute atomic E-state index is 11.9. The molecule has 0 aliphatic rings. The molecule has 2 aromatic carbocycles. The standard InChI is InChI=1S/C18H19NO4/c1-12-4-9-16(17(10-12)22-3)23-11-18(21)19-15-7-5-14(6-8-15)13(2)20/h4-10H,11H2,1-3H3,(H,19,21). The van der Waals surface area contributed by atoms with E-state index in [0.29, 0.717) is 22.7 Å². The number of hydrogen-bond donors (Lipinski definition) is 1. The zero-order valence-electron chi connectivity index (χ0n) is 13.4. The molecule has 120 valence electrons. The van der Waals surface area contributed by atoms with Gasteiger partial charge in [0, 0.05) is 11.3 Å². The van der Waals surface area contributed by atoms with Gasteiger partial charge in [0.2, 0.25) is 0 Å². The predicted octanol–water partition coefficient (Wildman–Crippen LogP) is 3.22. The molecule has 1 amide bonds. The number of nitrogens with one attached hydrogen (secondary N) is 1. The summed E-state index contributed by atoms with van der Waals surface area (Å²) < 4.78 is 10.7. The minimum atomic E-state index is -0.289. The molecule has 0 spiro atoms. The third kappa shape index (κ3) is 4.57. The number of anilines is 1. The fourth-order valence-corrected chi connectivity index (χ4v) is 2.02. The van der Waals surface area contributed by atoms with Gasteiger partial charge in [0.05, 0.1) is 7.11 Å². The Bertz CT molecular complexity index is 707. The van der Waals surface area contributed by atoms with E-state index in [9.17, 15) is 9.59 Å². The van der Waals surface area contributed by atoms with Gasteiger partial charge in [-0.25, -0.2) is 0 Å². The molecule has 0 aliphatic carbocycles. The van der Waals surface area contributed by atoms with Gasteiger partial charge in [0.1, 0.15) is 0 Å². The van der Waals surface area contributed by atoms with Gasteiger partial charge >= 0.3 is 0 Å². The summed E-state index contributed by atoms with van der Waals surface area (Å²) in [4.78, 5) is 23.1. The van der Waals surface area contributed by atoms with Gasteiger partial charge in [0.15, 0.2) is 23.9 Å². The van der Waals surface area contributed by atoms with Crippen molar-refractivity contribution in [3.8, 4) is 11.5 Å². The maximum Gasteiger partial charge on any atom is 0.262 e. The number of amides is 1. The van der Waals surface area contributed by atoms with Crippen molar-refractivity contribution >= 4 is 17.4 Å². The first-order chi connectivity index (χ1) is 11.0. The van der Waals surface area contributed by atoms with Crippen molar-refractivity contribution in [1.29, 1.82) is 0 Å². The van der Waals surface area contributed by atoms with Gasteiger partial charge in [0.25, 0.3) is 5.91 Å². The van der Waals surface area contributed by atoms with Crippen LogP contribution in [0.5, 0.6) is 11.5 Å². The van der Waals surface area contributed by atoms with E-state index in [4.69, 9.17) is 9.47 Å². The van der Waals surface area contributed by atoms with Gasteiger partial charge in [-0.2, -0.15) is 0 Å². The van der Waals surface area contributed by atoms with Crippen molar-refractivity contribution in [2.75, 3.05) is 19.0 Å². The number of carbonyl (C=O) groups excluding carboxylic acids is 2. The second-order valence-electron chi connectivity index (χ2n) is 5.12. The molecule has 0 heterocycles. The maximum atomic E-state index is 11.9. The van der Waals surface area contributed by atoms with E-state index in [1.807, 2.05) is 19.1 Å².